The minimum absolute atomic E-state index is 0.228. The summed E-state index contributed by atoms with van der Waals surface area (Å²) in [6.07, 6.45) is 3.37. The first-order valence-corrected chi connectivity index (χ1v) is 9.98. The lowest BCUT2D eigenvalue weighted by atomic mass is 10.1. The van der Waals surface area contributed by atoms with Gasteiger partial charge >= 0.3 is 0 Å². The maximum Gasteiger partial charge on any atom is 0.255 e. The van der Waals surface area contributed by atoms with Crippen LogP contribution in [-0.2, 0) is 13.2 Å². The van der Waals surface area contributed by atoms with Crippen molar-refractivity contribution in [2.45, 2.75) is 13.2 Å². The maximum absolute atomic E-state index is 12.9. The summed E-state index contributed by atoms with van der Waals surface area (Å²) in [6, 6.07) is 20.5. The molecule has 0 unspecified atom stereocenters. The maximum atomic E-state index is 12.9. The van der Waals surface area contributed by atoms with Gasteiger partial charge in [-0.1, -0.05) is 35.9 Å². The van der Waals surface area contributed by atoms with Gasteiger partial charge in [0.15, 0.2) is 0 Å². The van der Waals surface area contributed by atoms with Crippen LogP contribution in [0.3, 0.4) is 0 Å². The van der Waals surface area contributed by atoms with Crippen LogP contribution in [0.1, 0.15) is 21.5 Å². The molecule has 0 atom stereocenters. The molecule has 7 heteroatoms. The summed E-state index contributed by atoms with van der Waals surface area (Å²) in [6.45, 7) is 0.878. The summed E-state index contributed by atoms with van der Waals surface area (Å²) >= 11 is 6.01. The van der Waals surface area contributed by atoms with Gasteiger partial charge in [-0.2, -0.15) is 5.10 Å². The average Bonchev–Trinajstić information content (AvgIpc) is 3.20. The summed E-state index contributed by atoms with van der Waals surface area (Å²) in [5, 5.41) is 7.79. The molecule has 0 spiro atoms. The topological polar surface area (TPSA) is 56.2 Å². The molecule has 4 aromatic rings. The van der Waals surface area contributed by atoms with Gasteiger partial charge in [-0.25, -0.2) is 4.39 Å². The molecule has 1 N–H and O–H groups in total. The molecule has 0 saturated heterocycles. The number of nitrogens with one attached hydrogen (secondary N) is 1. The Hall–Kier alpha value is -3.64. The third-order valence-corrected chi connectivity index (χ3v) is 4.80. The Bertz CT molecular complexity index is 1170. The zero-order valence-corrected chi connectivity index (χ0v) is 17.2. The van der Waals surface area contributed by atoms with Gasteiger partial charge < -0.3 is 10.1 Å². The predicted molar refractivity (Wildman–Crippen MR) is 118 cm³/mol. The van der Waals surface area contributed by atoms with Crippen LogP contribution < -0.4 is 10.1 Å². The highest BCUT2D eigenvalue weighted by molar-refractivity contribution is 6.30. The summed E-state index contributed by atoms with van der Waals surface area (Å²) in [5.41, 5.74) is 3.05. The lowest BCUT2D eigenvalue weighted by Gasteiger charge is -2.07. The van der Waals surface area contributed by atoms with Crippen molar-refractivity contribution in [2.75, 3.05) is 5.32 Å². The Morgan fingerprint density at radius 2 is 1.81 bits per heavy atom. The molecule has 5 nitrogen and oxygen atoms in total. The summed E-state index contributed by atoms with van der Waals surface area (Å²) < 4.78 is 20.3. The third kappa shape index (κ3) is 5.71. The number of halogens is 2. The van der Waals surface area contributed by atoms with Crippen LogP contribution in [0.15, 0.2) is 85.2 Å². The highest BCUT2D eigenvalue weighted by atomic mass is 35.5. The highest BCUT2D eigenvalue weighted by Gasteiger charge is 2.08. The van der Waals surface area contributed by atoms with Crippen LogP contribution in [0.5, 0.6) is 5.75 Å². The van der Waals surface area contributed by atoms with E-state index < -0.39 is 0 Å². The molecule has 1 heterocycles. The molecular weight excluding hydrogens is 417 g/mol. The first-order chi connectivity index (χ1) is 15.0. The van der Waals surface area contributed by atoms with E-state index in [-0.39, 0.29) is 11.7 Å². The molecule has 0 aliphatic rings. The molecule has 0 radical (unpaired) electrons. The van der Waals surface area contributed by atoms with Crippen molar-refractivity contribution < 1.29 is 13.9 Å². The molecule has 0 saturated carbocycles. The number of amides is 1. The Labute approximate surface area is 184 Å². The first kappa shape index (κ1) is 20.6. The smallest absolute Gasteiger partial charge is 0.255 e. The number of nitrogens with zero attached hydrogens (tertiary/aromatic N) is 2. The SMILES string of the molecule is O=C(Nc1cnn(Cc2cccc(Cl)c2)c1)c1ccc(COc2ccc(F)cc2)cc1. The van der Waals surface area contributed by atoms with E-state index in [0.29, 0.717) is 35.2 Å². The highest BCUT2D eigenvalue weighted by Crippen LogP contribution is 2.16. The minimum atomic E-state index is -0.308. The molecule has 0 aliphatic heterocycles. The van der Waals surface area contributed by atoms with Crippen LogP contribution in [0.25, 0.3) is 0 Å². The van der Waals surface area contributed by atoms with Gasteiger partial charge in [0.05, 0.1) is 18.4 Å². The van der Waals surface area contributed by atoms with E-state index in [1.807, 2.05) is 36.4 Å². The monoisotopic (exact) mass is 435 g/mol. The van der Waals surface area contributed by atoms with E-state index in [1.165, 1.54) is 12.1 Å². The second kappa shape index (κ2) is 9.45. The average molecular weight is 436 g/mol. The van der Waals surface area contributed by atoms with Crippen LogP contribution in [0, 0.1) is 5.82 Å². The van der Waals surface area contributed by atoms with Gasteiger partial charge in [-0.05, 0) is 59.7 Å². The number of rotatable bonds is 7. The van der Waals surface area contributed by atoms with E-state index in [1.54, 1.807) is 41.3 Å². The fraction of sp³-hybridized carbons (Fsp3) is 0.0833. The van der Waals surface area contributed by atoms with Crippen molar-refractivity contribution in [3.05, 3.63) is 113 Å². The molecular formula is C24H19ClFN3O2. The first-order valence-electron chi connectivity index (χ1n) is 9.61. The fourth-order valence-corrected chi connectivity index (χ4v) is 3.20. The van der Waals surface area contributed by atoms with E-state index in [4.69, 9.17) is 16.3 Å². The second-order valence-corrected chi connectivity index (χ2v) is 7.39. The minimum Gasteiger partial charge on any atom is -0.489 e. The molecule has 1 amide bonds. The summed E-state index contributed by atoms with van der Waals surface area (Å²) in [7, 11) is 0. The van der Waals surface area contributed by atoms with Crippen LogP contribution in [-0.4, -0.2) is 15.7 Å². The Kier molecular flexibility index (Phi) is 6.29. The Balaban J connectivity index is 1.32. The number of anilines is 1. The number of benzene rings is 3. The van der Waals surface area contributed by atoms with Crippen molar-refractivity contribution in [3.63, 3.8) is 0 Å². The van der Waals surface area contributed by atoms with Crippen molar-refractivity contribution in [1.82, 2.24) is 9.78 Å². The van der Waals surface area contributed by atoms with E-state index in [9.17, 15) is 9.18 Å². The van der Waals surface area contributed by atoms with Crippen molar-refractivity contribution >= 4 is 23.2 Å². The molecule has 0 fully saturated rings. The number of ether oxygens (including phenoxy) is 1. The predicted octanol–water partition coefficient (Wildman–Crippen LogP) is 5.56. The molecule has 31 heavy (non-hydrogen) atoms. The van der Waals surface area contributed by atoms with Gasteiger partial charge in [0.2, 0.25) is 0 Å². The lowest BCUT2D eigenvalue weighted by molar-refractivity contribution is 0.102. The molecule has 3 aromatic carbocycles. The third-order valence-electron chi connectivity index (χ3n) is 4.56. The number of carbonyl (C=O) groups excluding carboxylic acids is 1. The van der Waals surface area contributed by atoms with Gasteiger partial charge in [0, 0.05) is 16.8 Å². The van der Waals surface area contributed by atoms with Crippen molar-refractivity contribution in [1.29, 1.82) is 0 Å². The van der Waals surface area contributed by atoms with Crippen molar-refractivity contribution in [2.24, 2.45) is 0 Å². The lowest BCUT2D eigenvalue weighted by Crippen LogP contribution is -2.11. The van der Waals surface area contributed by atoms with Crippen LogP contribution in [0.2, 0.25) is 5.02 Å². The molecule has 1 aromatic heterocycles. The van der Waals surface area contributed by atoms with E-state index >= 15 is 0 Å². The van der Waals surface area contributed by atoms with Gasteiger partial charge in [0.25, 0.3) is 5.91 Å². The van der Waals surface area contributed by atoms with Crippen molar-refractivity contribution in [3.8, 4) is 5.75 Å². The largest absolute Gasteiger partial charge is 0.489 e. The molecule has 4 rings (SSSR count). The van der Waals surface area contributed by atoms with Crippen LogP contribution >= 0.6 is 11.6 Å². The molecule has 0 aliphatic carbocycles. The molecule has 156 valence electrons. The Morgan fingerprint density at radius 3 is 2.55 bits per heavy atom. The van der Waals surface area contributed by atoms with Gasteiger partial charge in [-0.15, -0.1) is 0 Å². The number of hydrogen-bond acceptors (Lipinski definition) is 3. The zero-order valence-electron chi connectivity index (χ0n) is 16.5. The summed E-state index contributed by atoms with van der Waals surface area (Å²) in [4.78, 5) is 12.5. The standard InChI is InChI=1S/C24H19ClFN3O2/c25-20-3-1-2-18(12-20)14-29-15-22(13-27-29)28-24(30)19-6-4-17(5-7-19)16-31-23-10-8-21(26)9-11-23/h1-13,15H,14,16H2,(H,28,30). The second-order valence-electron chi connectivity index (χ2n) is 6.95. The van der Waals surface area contributed by atoms with E-state index in [0.717, 1.165) is 11.1 Å². The van der Waals surface area contributed by atoms with E-state index in [2.05, 4.69) is 10.4 Å². The quantitative estimate of drug-likeness (QED) is 0.413. The number of hydrogen-bond donors (Lipinski definition) is 1. The Morgan fingerprint density at radius 1 is 1.03 bits per heavy atom. The molecule has 0 bridgehead atoms. The number of aromatic nitrogens is 2. The summed E-state index contributed by atoms with van der Waals surface area (Å²) in [5.74, 6) is 0.0454. The number of carbonyl (C=O) groups is 1. The zero-order chi connectivity index (χ0) is 21.6. The van der Waals surface area contributed by atoms with Gasteiger partial charge in [0.1, 0.15) is 18.2 Å². The normalized spacial score (nSPS) is 10.6. The van der Waals surface area contributed by atoms with Crippen LogP contribution in [0.4, 0.5) is 10.1 Å². The fourth-order valence-electron chi connectivity index (χ4n) is 2.99. The van der Waals surface area contributed by atoms with Gasteiger partial charge in [-0.3, -0.25) is 9.48 Å².